The van der Waals surface area contributed by atoms with E-state index in [9.17, 15) is 24.5 Å². The van der Waals surface area contributed by atoms with Gasteiger partial charge in [-0.3, -0.25) is 19.7 Å². The predicted octanol–water partition coefficient (Wildman–Crippen LogP) is 3.38. The minimum atomic E-state index is -1.07. The molecule has 1 atom stereocenters. The summed E-state index contributed by atoms with van der Waals surface area (Å²) in [5.41, 5.74) is 0.775. The van der Waals surface area contributed by atoms with Crippen LogP contribution in [0, 0.1) is 10.1 Å². The van der Waals surface area contributed by atoms with Crippen molar-refractivity contribution in [3.05, 3.63) is 62.6 Å². The maximum absolute atomic E-state index is 12.4. The number of carbonyl (C=O) groups is 3. The lowest BCUT2D eigenvalue weighted by Gasteiger charge is -2.17. The van der Waals surface area contributed by atoms with Gasteiger partial charge in [-0.2, -0.15) is 0 Å². The van der Waals surface area contributed by atoms with Gasteiger partial charge in [-0.1, -0.05) is 22.0 Å². The molecule has 11 heteroatoms. The number of nitrogens with one attached hydrogen (secondary N) is 2. The molecule has 176 valence electrons. The number of benzene rings is 2. The van der Waals surface area contributed by atoms with Crippen molar-refractivity contribution in [1.82, 2.24) is 5.32 Å². The summed E-state index contributed by atoms with van der Waals surface area (Å²) < 4.78 is 10.9. The van der Waals surface area contributed by atoms with Crippen LogP contribution in [0.2, 0.25) is 0 Å². The van der Waals surface area contributed by atoms with Crippen LogP contribution in [0.1, 0.15) is 25.3 Å². The van der Waals surface area contributed by atoms with E-state index in [2.05, 4.69) is 26.6 Å². The highest BCUT2D eigenvalue weighted by molar-refractivity contribution is 9.10. The third-order valence-corrected chi connectivity index (χ3v) is 5.02. The molecule has 2 aromatic carbocycles. The van der Waals surface area contributed by atoms with Crippen molar-refractivity contribution >= 4 is 45.1 Å². The number of esters is 1. The van der Waals surface area contributed by atoms with Crippen LogP contribution in [-0.4, -0.2) is 42.5 Å². The van der Waals surface area contributed by atoms with Gasteiger partial charge in [0, 0.05) is 35.5 Å². The fourth-order valence-corrected chi connectivity index (χ4v) is 3.19. The van der Waals surface area contributed by atoms with Crippen molar-refractivity contribution in [2.45, 2.75) is 32.2 Å². The first-order valence-corrected chi connectivity index (χ1v) is 10.9. The van der Waals surface area contributed by atoms with Gasteiger partial charge >= 0.3 is 11.7 Å². The molecule has 2 rings (SSSR count). The molecule has 2 aromatic rings. The Bertz CT molecular complexity index is 1010. The number of halogens is 1. The Morgan fingerprint density at radius 3 is 2.36 bits per heavy atom. The number of nitro groups is 1. The van der Waals surface area contributed by atoms with Gasteiger partial charge in [-0.15, -0.1) is 0 Å². The number of ether oxygens (including phenoxy) is 2. The van der Waals surface area contributed by atoms with E-state index in [-0.39, 0.29) is 43.2 Å². The molecule has 0 fully saturated rings. The van der Waals surface area contributed by atoms with E-state index in [4.69, 9.17) is 9.47 Å². The standard InChI is InChI=1S/C22H24BrN3O7/c1-3-33-22(29)17(12-14-4-9-19(32-2)18(13-14)26(30)31)25-21(28)11-10-20(27)24-16-7-5-15(23)6-8-16/h4-9,13,17H,3,10-12H2,1-2H3,(H,24,27)(H,25,28)/t17-/m0/s1. The van der Waals surface area contributed by atoms with Crippen LogP contribution >= 0.6 is 15.9 Å². The van der Waals surface area contributed by atoms with Gasteiger partial charge < -0.3 is 20.1 Å². The smallest absolute Gasteiger partial charge is 0.328 e. The van der Waals surface area contributed by atoms with E-state index >= 15 is 0 Å². The molecule has 0 bridgehead atoms. The normalized spacial score (nSPS) is 11.2. The average molecular weight is 522 g/mol. The zero-order valence-electron chi connectivity index (χ0n) is 18.1. The molecule has 0 aromatic heterocycles. The fraction of sp³-hybridized carbons (Fsp3) is 0.318. The molecule has 0 aliphatic carbocycles. The summed E-state index contributed by atoms with van der Waals surface area (Å²) in [6.07, 6.45) is -0.271. The molecule has 0 unspecified atom stereocenters. The predicted molar refractivity (Wildman–Crippen MR) is 124 cm³/mol. The number of hydrogen-bond acceptors (Lipinski definition) is 7. The second kappa shape index (κ2) is 12.5. The fourth-order valence-electron chi connectivity index (χ4n) is 2.93. The highest BCUT2D eigenvalue weighted by Gasteiger charge is 2.24. The van der Waals surface area contributed by atoms with E-state index in [1.807, 2.05) is 0 Å². The van der Waals surface area contributed by atoms with Crippen molar-refractivity contribution in [3.63, 3.8) is 0 Å². The molecule has 0 saturated carbocycles. The Morgan fingerprint density at radius 1 is 1.09 bits per heavy atom. The summed E-state index contributed by atoms with van der Waals surface area (Å²) in [6, 6.07) is 10.2. The number of methoxy groups -OCH3 is 1. The van der Waals surface area contributed by atoms with Gasteiger partial charge in [0.25, 0.3) is 0 Å². The Morgan fingerprint density at radius 2 is 1.76 bits per heavy atom. The van der Waals surface area contributed by atoms with Gasteiger partial charge in [0.15, 0.2) is 5.75 Å². The van der Waals surface area contributed by atoms with Crippen molar-refractivity contribution in [1.29, 1.82) is 0 Å². The van der Waals surface area contributed by atoms with E-state index in [1.54, 1.807) is 37.3 Å². The SMILES string of the molecule is CCOC(=O)[C@H](Cc1ccc(OC)c([N+](=O)[O-])c1)NC(=O)CCC(=O)Nc1ccc(Br)cc1. The van der Waals surface area contributed by atoms with Crippen LogP contribution < -0.4 is 15.4 Å². The second-order valence-corrected chi connectivity index (χ2v) is 7.81. The molecule has 0 aliphatic rings. The molecule has 10 nitrogen and oxygen atoms in total. The largest absolute Gasteiger partial charge is 0.490 e. The first kappa shape index (κ1) is 25.8. The van der Waals surface area contributed by atoms with Crippen molar-refractivity contribution in [2.24, 2.45) is 0 Å². The molecule has 0 saturated heterocycles. The first-order chi connectivity index (χ1) is 15.7. The van der Waals surface area contributed by atoms with Crippen LogP contribution in [-0.2, 0) is 25.5 Å². The molecular weight excluding hydrogens is 498 g/mol. The zero-order chi connectivity index (χ0) is 24.4. The quantitative estimate of drug-likeness (QED) is 0.262. The van der Waals surface area contributed by atoms with Crippen molar-refractivity contribution < 1.29 is 28.8 Å². The van der Waals surface area contributed by atoms with Crippen molar-refractivity contribution in [2.75, 3.05) is 19.0 Å². The minimum absolute atomic E-state index is 0.0273. The maximum atomic E-state index is 12.4. The topological polar surface area (TPSA) is 137 Å². The summed E-state index contributed by atoms with van der Waals surface area (Å²) >= 11 is 3.31. The molecule has 0 aliphatic heterocycles. The molecule has 0 spiro atoms. The second-order valence-electron chi connectivity index (χ2n) is 6.89. The summed E-state index contributed by atoms with van der Waals surface area (Å²) in [6.45, 7) is 1.73. The van der Waals surface area contributed by atoms with Gasteiger partial charge in [-0.05, 0) is 42.8 Å². The molecule has 0 heterocycles. The summed E-state index contributed by atoms with van der Waals surface area (Å²) in [7, 11) is 1.32. The van der Waals surface area contributed by atoms with Crippen LogP contribution in [0.4, 0.5) is 11.4 Å². The number of nitro benzene ring substituents is 1. The monoisotopic (exact) mass is 521 g/mol. The number of amides is 2. The van der Waals surface area contributed by atoms with Gasteiger partial charge in [-0.25, -0.2) is 4.79 Å². The molecular formula is C22H24BrN3O7. The number of anilines is 1. The summed E-state index contributed by atoms with van der Waals surface area (Å²) in [5, 5.41) is 16.5. The van der Waals surface area contributed by atoms with Crippen LogP contribution in [0.5, 0.6) is 5.75 Å². The third kappa shape index (κ3) is 8.19. The zero-order valence-corrected chi connectivity index (χ0v) is 19.7. The molecule has 33 heavy (non-hydrogen) atoms. The lowest BCUT2D eigenvalue weighted by Crippen LogP contribution is -2.43. The number of nitrogens with zero attached hydrogens (tertiary/aromatic N) is 1. The number of hydrogen-bond donors (Lipinski definition) is 2. The van der Waals surface area contributed by atoms with Crippen LogP contribution in [0.3, 0.4) is 0 Å². The maximum Gasteiger partial charge on any atom is 0.328 e. The Labute approximate surface area is 198 Å². The lowest BCUT2D eigenvalue weighted by atomic mass is 10.0. The number of carbonyl (C=O) groups excluding carboxylic acids is 3. The van der Waals surface area contributed by atoms with Gasteiger partial charge in [0.05, 0.1) is 18.6 Å². The first-order valence-electron chi connectivity index (χ1n) is 10.1. The van der Waals surface area contributed by atoms with Gasteiger partial charge in [0.1, 0.15) is 6.04 Å². The summed E-state index contributed by atoms with van der Waals surface area (Å²) in [5.74, 6) is -1.48. The average Bonchev–Trinajstić information content (AvgIpc) is 2.79. The van der Waals surface area contributed by atoms with E-state index in [1.165, 1.54) is 19.2 Å². The molecule has 2 N–H and O–H groups in total. The molecule has 2 amide bonds. The van der Waals surface area contributed by atoms with Gasteiger partial charge in [0.2, 0.25) is 11.8 Å². The highest BCUT2D eigenvalue weighted by Crippen LogP contribution is 2.28. The van der Waals surface area contributed by atoms with E-state index in [0.29, 0.717) is 11.3 Å². The third-order valence-electron chi connectivity index (χ3n) is 4.49. The van der Waals surface area contributed by atoms with E-state index in [0.717, 1.165) is 4.47 Å². The lowest BCUT2D eigenvalue weighted by molar-refractivity contribution is -0.385. The Balaban J connectivity index is 2.01. The van der Waals surface area contributed by atoms with E-state index < -0.39 is 22.8 Å². The Kier molecular flexibility index (Phi) is 9.80. The number of rotatable bonds is 11. The summed E-state index contributed by atoms with van der Waals surface area (Å²) in [4.78, 5) is 47.5. The highest BCUT2D eigenvalue weighted by atomic mass is 79.9. The van der Waals surface area contributed by atoms with Crippen LogP contribution in [0.25, 0.3) is 0 Å². The Hall–Kier alpha value is -3.47. The van der Waals surface area contributed by atoms with Crippen molar-refractivity contribution in [3.8, 4) is 5.75 Å². The van der Waals surface area contributed by atoms with Crippen LogP contribution in [0.15, 0.2) is 46.9 Å². The molecule has 0 radical (unpaired) electrons. The minimum Gasteiger partial charge on any atom is -0.490 e.